The SMILES string of the molecule is CN=C(NCC1(c2cccc(F)c2)CC1)NC1CCN(CCCOC)CC1.I. The van der Waals surface area contributed by atoms with E-state index >= 15 is 0 Å². The van der Waals surface area contributed by atoms with Crippen LogP contribution in [0.2, 0.25) is 0 Å². The molecule has 5 nitrogen and oxygen atoms in total. The number of piperidine rings is 1. The Balaban J connectivity index is 0.00000280. The topological polar surface area (TPSA) is 48.9 Å². The van der Waals surface area contributed by atoms with Gasteiger partial charge in [-0.2, -0.15) is 0 Å². The van der Waals surface area contributed by atoms with Crippen molar-refractivity contribution in [3.63, 3.8) is 0 Å². The number of nitrogens with one attached hydrogen (secondary N) is 2. The fraction of sp³-hybridized carbons (Fsp3) is 0.667. The van der Waals surface area contributed by atoms with Crippen LogP contribution in [0.25, 0.3) is 0 Å². The highest BCUT2D eigenvalue weighted by atomic mass is 127. The molecule has 1 aromatic carbocycles. The summed E-state index contributed by atoms with van der Waals surface area (Å²) in [5, 5.41) is 7.05. The fourth-order valence-electron chi connectivity index (χ4n) is 3.91. The minimum absolute atomic E-state index is 0. The lowest BCUT2D eigenvalue weighted by atomic mass is 9.96. The van der Waals surface area contributed by atoms with Gasteiger partial charge in [0, 0.05) is 58.4 Å². The van der Waals surface area contributed by atoms with Gasteiger partial charge < -0.3 is 20.3 Å². The molecule has 2 N–H and O–H groups in total. The highest BCUT2D eigenvalue weighted by Crippen LogP contribution is 2.47. The van der Waals surface area contributed by atoms with Crippen molar-refractivity contribution in [3.8, 4) is 0 Å². The molecule has 3 rings (SSSR count). The second-order valence-corrected chi connectivity index (χ2v) is 7.82. The molecule has 2 aliphatic rings. The quantitative estimate of drug-likeness (QED) is 0.247. The average Bonchev–Trinajstić information content (AvgIpc) is 3.48. The molecule has 0 radical (unpaired) electrons. The Morgan fingerprint density at radius 3 is 2.68 bits per heavy atom. The molecule has 1 saturated heterocycles. The van der Waals surface area contributed by atoms with Crippen LogP contribution < -0.4 is 10.6 Å². The molecule has 1 saturated carbocycles. The van der Waals surface area contributed by atoms with E-state index in [9.17, 15) is 4.39 Å². The van der Waals surface area contributed by atoms with Crippen LogP contribution in [0.1, 0.15) is 37.7 Å². The van der Waals surface area contributed by atoms with Crippen molar-refractivity contribution in [2.75, 3.05) is 46.9 Å². The maximum Gasteiger partial charge on any atom is 0.191 e. The molecule has 2 fully saturated rings. The minimum atomic E-state index is -0.154. The third-order valence-electron chi connectivity index (χ3n) is 5.86. The van der Waals surface area contributed by atoms with Crippen molar-refractivity contribution in [2.45, 2.75) is 43.6 Å². The van der Waals surface area contributed by atoms with Crippen LogP contribution in [0.15, 0.2) is 29.3 Å². The normalized spacial score (nSPS) is 19.8. The summed E-state index contributed by atoms with van der Waals surface area (Å²) >= 11 is 0. The Bertz CT molecular complexity index is 631. The lowest BCUT2D eigenvalue weighted by Gasteiger charge is -2.33. The van der Waals surface area contributed by atoms with Gasteiger partial charge in [0.15, 0.2) is 5.96 Å². The van der Waals surface area contributed by atoms with E-state index in [1.165, 1.54) is 6.07 Å². The standard InChI is InChI=1S/C21H33FN4O.HI/c1-23-20(25-19-7-12-26(13-8-19)11-4-14-27-2)24-16-21(9-10-21)17-5-3-6-18(22)15-17;/h3,5-6,15,19H,4,7-14,16H2,1-2H3,(H2,23,24,25);1H. The molecule has 0 spiro atoms. The second kappa shape index (κ2) is 11.3. The van der Waals surface area contributed by atoms with E-state index in [0.29, 0.717) is 6.04 Å². The van der Waals surface area contributed by atoms with Gasteiger partial charge >= 0.3 is 0 Å². The van der Waals surface area contributed by atoms with Crippen LogP contribution in [0.5, 0.6) is 0 Å². The number of hydrogen-bond donors (Lipinski definition) is 2. The van der Waals surface area contributed by atoms with Crippen LogP contribution in [-0.2, 0) is 10.2 Å². The number of aliphatic imine (C=N–C) groups is 1. The summed E-state index contributed by atoms with van der Waals surface area (Å²) in [5.41, 5.74) is 1.15. The molecule has 28 heavy (non-hydrogen) atoms. The van der Waals surface area contributed by atoms with Gasteiger partial charge in [0.2, 0.25) is 0 Å². The molecule has 1 heterocycles. The van der Waals surface area contributed by atoms with Gasteiger partial charge in [-0.25, -0.2) is 4.39 Å². The number of guanidine groups is 1. The molecule has 1 aliphatic carbocycles. The molecule has 0 amide bonds. The van der Waals surface area contributed by atoms with Crippen molar-refractivity contribution in [3.05, 3.63) is 35.6 Å². The first kappa shape index (κ1) is 23.3. The Labute approximate surface area is 185 Å². The first-order valence-electron chi connectivity index (χ1n) is 10.1. The van der Waals surface area contributed by atoms with Gasteiger partial charge in [-0.15, -0.1) is 24.0 Å². The molecular weight excluding hydrogens is 470 g/mol. The lowest BCUT2D eigenvalue weighted by molar-refractivity contribution is 0.155. The number of likely N-dealkylation sites (tertiary alicyclic amines) is 1. The molecule has 0 aromatic heterocycles. The molecule has 158 valence electrons. The Morgan fingerprint density at radius 1 is 1.32 bits per heavy atom. The van der Waals surface area contributed by atoms with Gasteiger partial charge in [0.05, 0.1) is 0 Å². The van der Waals surface area contributed by atoms with Crippen molar-refractivity contribution in [1.82, 2.24) is 15.5 Å². The maximum absolute atomic E-state index is 13.6. The second-order valence-electron chi connectivity index (χ2n) is 7.82. The molecule has 0 unspecified atom stereocenters. The van der Waals surface area contributed by atoms with E-state index in [-0.39, 0.29) is 35.2 Å². The smallest absolute Gasteiger partial charge is 0.191 e. The van der Waals surface area contributed by atoms with E-state index in [0.717, 1.165) is 76.4 Å². The van der Waals surface area contributed by atoms with Crippen LogP contribution in [0.4, 0.5) is 4.39 Å². The first-order chi connectivity index (χ1) is 13.1. The van der Waals surface area contributed by atoms with Crippen LogP contribution >= 0.6 is 24.0 Å². The third kappa shape index (κ3) is 6.56. The predicted octanol–water partition coefficient (Wildman–Crippen LogP) is 3.14. The number of nitrogens with zero attached hydrogens (tertiary/aromatic N) is 2. The van der Waals surface area contributed by atoms with Gasteiger partial charge in [-0.05, 0) is 49.8 Å². The zero-order chi connectivity index (χ0) is 19.1. The lowest BCUT2D eigenvalue weighted by Crippen LogP contribution is -2.50. The highest BCUT2D eigenvalue weighted by molar-refractivity contribution is 14.0. The van der Waals surface area contributed by atoms with Crippen molar-refractivity contribution < 1.29 is 9.13 Å². The Hall–Kier alpha value is -0.930. The zero-order valence-corrected chi connectivity index (χ0v) is 19.4. The number of methoxy groups -OCH3 is 1. The molecular formula is C21H34FIN4O. The van der Waals surface area contributed by atoms with Crippen molar-refractivity contribution >= 4 is 29.9 Å². The van der Waals surface area contributed by atoms with E-state index in [4.69, 9.17) is 4.74 Å². The average molecular weight is 504 g/mol. The first-order valence-corrected chi connectivity index (χ1v) is 10.1. The largest absolute Gasteiger partial charge is 0.385 e. The van der Waals surface area contributed by atoms with Crippen LogP contribution in [-0.4, -0.2) is 63.8 Å². The summed E-state index contributed by atoms with van der Waals surface area (Å²) in [6, 6.07) is 7.48. The van der Waals surface area contributed by atoms with Crippen molar-refractivity contribution in [1.29, 1.82) is 0 Å². The Morgan fingerprint density at radius 2 is 2.07 bits per heavy atom. The monoisotopic (exact) mass is 504 g/mol. The summed E-state index contributed by atoms with van der Waals surface area (Å²) in [4.78, 5) is 6.90. The maximum atomic E-state index is 13.6. The van der Waals surface area contributed by atoms with Gasteiger partial charge in [-0.1, -0.05) is 12.1 Å². The molecule has 0 bridgehead atoms. The zero-order valence-electron chi connectivity index (χ0n) is 17.0. The van der Waals surface area contributed by atoms with Crippen molar-refractivity contribution in [2.24, 2.45) is 4.99 Å². The fourth-order valence-corrected chi connectivity index (χ4v) is 3.91. The van der Waals surface area contributed by atoms with E-state index < -0.39 is 0 Å². The van der Waals surface area contributed by atoms with Crippen LogP contribution in [0.3, 0.4) is 0 Å². The summed E-state index contributed by atoms with van der Waals surface area (Å²) < 4.78 is 18.7. The predicted molar refractivity (Wildman–Crippen MR) is 123 cm³/mol. The van der Waals surface area contributed by atoms with Gasteiger partial charge in [0.25, 0.3) is 0 Å². The highest BCUT2D eigenvalue weighted by Gasteiger charge is 2.44. The van der Waals surface area contributed by atoms with E-state index in [2.05, 4.69) is 20.5 Å². The summed E-state index contributed by atoms with van der Waals surface area (Å²) in [6.45, 7) is 4.98. The summed E-state index contributed by atoms with van der Waals surface area (Å²) in [7, 11) is 3.58. The summed E-state index contributed by atoms with van der Waals surface area (Å²) in [6.07, 6.45) is 5.55. The number of benzene rings is 1. The van der Waals surface area contributed by atoms with Crippen LogP contribution in [0, 0.1) is 5.82 Å². The molecule has 1 aromatic rings. The Kier molecular flexibility index (Phi) is 9.43. The molecule has 1 aliphatic heterocycles. The third-order valence-corrected chi connectivity index (χ3v) is 5.86. The molecule has 7 heteroatoms. The number of rotatable bonds is 8. The number of ether oxygens (including phenoxy) is 1. The summed E-state index contributed by atoms with van der Waals surface area (Å²) in [5.74, 6) is 0.703. The van der Waals surface area contributed by atoms with Gasteiger partial charge in [-0.3, -0.25) is 4.99 Å². The van der Waals surface area contributed by atoms with Gasteiger partial charge in [0.1, 0.15) is 5.82 Å². The van der Waals surface area contributed by atoms with E-state index in [1.54, 1.807) is 19.2 Å². The van der Waals surface area contributed by atoms with E-state index in [1.807, 2.05) is 13.1 Å². The molecule has 0 atom stereocenters. The number of hydrogen-bond acceptors (Lipinski definition) is 3. The number of halogens is 2. The minimum Gasteiger partial charge on any atom is -0.385 e.